The number of nitrogens with one attached hydrogen (secondary N) is 1. The molecule has 0 unspecified atom stereocenters. The van der Waals surface area contributed by atoms with Crippen LogP contribution < -0.4 is 10.7 Å². The van der Waals surface area contributed by atoms with Crippen LogP contribution in [-0.2, 0) is 0 Å². The van der Waals surface area contributed by atoms with E-state index in [0.29, 0.717) is 16.7 Å². The van der Waals surface area contributed by atoms with Gasteiger partial charge in [-0.1, -0.05) is 41.6 Å². The molecule has 0 aliphatic heterocycles. The average Bonchev–Trinajstić information content (AvgIpc) is 2.83. The molecule has 0 spiro atoms. The summed E-state index contributed by atoms with van der Waals surface area (Å²) in [5.74, 6) is -0.415. The number of hydrogen-bond acceptors (Lipinski definition) is 5. The van der Waals surface area contributed by atoms with Crippen LogP contribution >= 0.6 is 0 Å². The van der Waals surface area contributed by atoms with E-state index in [1.807, 2.05) is 62.4 Å². The lowest BCUT2D eigenvalue weighted by Gasteiger charge is -2.15. The number of rotatable bonds is 5. The molecule has 0 bridgehead atoms. The van der Waals surface area contributed by atoms with Gasteiger partial charge in [0.15, 0.2) is 0 Å². The number of amides is 1. The molecule has 0 saturated heterocycles. The molecule has 0 saturated carbocycles. The number of pyridine rings is 2. The molecule has 4 aromatic rings. The lowest BCUT2D eigenvalue weighted by atomic mass is 10.0. The van der Waals surface area contributed by atoms with E-state index in [4.69, 9.17) is 5.21 Å². The highest BCUT2D eigenvalue weighted by Gasteiger charge is 2.17. The van der Waals surface area contributed by atoms with Gasteiger partial charge in [0.25, 0.3) is 5.91 Å². The lowest BCUT2D eigenvalue weighted by molar-refractivity contribution is 0.0941. The summed E-state index contributed by atoms with van der Waals surface area (Å²) in [6.07, 6.45) is 3.18. The summed E-state index contributed by atoms with van der Waals surface area (Å²) < 4.78 is 1.77. The van der Waals surface area contributed by atoms with Crippen molar-refractivity contribution in [3.63, 3.8) is 0 Å². The third kappa shape index (κ3) is 4.39. The third-order valence-electron chi connectivity index (χ3n) is 5.34. The Morgan fingerprint density at radius 1 is 1.06 bits per heavy atom. The van der Waals surface area contributed by atoms with Crippen molar-refractivity contribution in [2.45, 2.75) is 26.8 Å². The van der Waals surface area contributed by atoms with E-state index < -0.39 is 5.91 Å². The van der Waals surface area contributed by atoms with E-state index in [1.165, 1.54) is 0 Å². The highest BCUT2D eigenvalue weighted by atomic mass is 16.4. The Balaban J connectivity index is 1.85. The van der Waals surface area contributed by atoms with Crippen LogP contribution in [0.15, 0.2) is 83.0 Å². The summed E-state index contributed by atoms with van der Waals surface area (Å²) >= 11 is 0. The quantitative estimate of drug-likeness (QED) is 0.273. The van der Waals surface area contributed by atoms with Gasteiger partial charge in [0.1, 0.15) is 11.2 Å². The minimum Gasteiger partial charge on any atom is -0.411 e. The average molecular weight is 441 g/mol. The van der Waals surface area contributed by atoms with Crippen molar-refractivity contribution in [3.05, 3.63) is 94.4 Å². The Labute approximate surface area is 191 Å². The molecular weight excluding hydrogens is 416 g/mol. The van der Waals surface area contributed by atoms with Gasteiger partial charge < -0.3 is 15.1 Å². The number of benzene rings is 2. The van der Waals surface area contributed by atoms with Gasteiger partial charge in [-0.25, -0.2) is 4.98 Å². The first-order valence-electron chi connectivity index (χ1n) is 10.6. The summed E-state index contributed by atoms with van der Waals surface area (Å²) in [4.78, 5) is 30.1. The Morgan fingerprint density at radius 2 is 1.82 bits per heavy atom. The number of fused-ring (bicyclic) bond motifs is 1. The molecule has 33 heavy (non-hydrogen) atoms. The maximum absolute atomic E-state index is 13.0. The fourth-order valence-electron chi connectivity index (χ4n) is 3.66. The van der Waals surface area contributed by atoms with E-state index in [-0.39, 0.29) is 17.0 Å². The molecule has 4 rings (SSSR count). The fraction of sp³-hybridized carbons (Fsp3) is 0.154. The van der Waals surface area contributed by atoms with E-state index in [1.54, 1.807) is 36.0 Å². The second-order valence-electron chi connectivity index (χ2n) is 8.06. The second-order valence-corrected chi connectivity index (χ2v) is 8.06. The molecule has 2 N–H and O–H groups in total. The van der Waals surface area contributed by atoms with Gasteiger partial charge in [0, 0.05) is 24.1 Å². The fourth-order valence-corrected chi connectivity index (χ4v) is 3.66. The van der Waals surface area contributed by atoms with Crippen molar-refractivity contribution in [2.75, 3.05) is 0 Å². The Kier molecular flexibility index (Phi) is 6.04. The first-order valence-corrected chi connectivity index (χ1v) is 10.6. The molecule has 1 amide bonds. The van der Waals surface area contributed by atoms with E-state index in [9.17, 15) is 9.59 Å². The predicted molar refractivity (Wildman–Crippen MR) is 129 cm³/mol. The molecule has 166 valence electrons. The number of nitrogens with zero attached hydrogens (tertiary/aromatic N) is 3. The van der Waals surface area contributed by atoms with E-state index in [0.717, 1.165) is 22.4 Å². The molecule has 0 radical (unpaired) electrons. The molecule has 2 aromatic carbocycles. The molecule has 0 atom stereocenters. The number of hydrogen-bond donors (Lipinski definition) is 2. The highest BCUT2D eigenvalue weighted by Crippen LogP contribution is 2.24. The van der Waals surface area contributed by atoms with Crippen LogP contribution in [0.2, 0.25) is 0 Å². The van der Waals surface area contributed by atoms with Crippen LogP contribution in [0.25, 0.3) is 27.8 Å². The highest BCUT2D eigenvalue weighted by molar-refractivity contribution is 5.99. The van der Waals surface area contributed by atoms with Crippen LogP contribution in [0.4, 0.5) is 0 Å². The SMILES string of the molecule is C/C(=N/O)c1ccc(-c2cccc(-n3cc(C(=O)NC(C)C)c(=O)c4cccnc43)c2)cc1. The van der Waals surface area contributed by atoms with Crippen molar-refractivity contribution in [2.24, 2.45) is 5.16 Å². The molecule has 7 heteroatoms. The normalized spacial score (nSPS) is 11.7. The molecule has 0 fully saturated rings. The summed E-state index contributed by atoms with van der Waals surface area (Å²) in [5, 5.41) is 15.4. The number of oxime groups is 1. The van der Waals surface area contributed by atoms with Gasteiger partial charge in [-0.3, -0.25) is 9.59 Å². The maximum Gasteiger partial charge on any atom is 0.256 e. The first kappa shape index (κ1) is 22.0. The zero-order chi connectivity index (χ0) is 23.5. The predicted octanol–water partition coefficient (Wildman–Crippen LogP) is 4.39. The summed E-state index contributed by atoms with van der Waals surface area (Å²) in [6.45, 7) is 5.43. The Hall–Kier alpha value is -4.26. The molecular formula is C26H24N4O3. The van der Waals surface area contributed by atoms with Crippen molar-refractivity contribution < 1.29 is 10.0 Å². The van der Waals surface area contributed by atoms with Crippen molar-refractivity contribution >= 4 is 22.7 Å². The largest absolute Gasteiger partial charge is 0.411 e. The zero-order valence-electron chi connectivity index (χ0n) is 18.6. The number of carbonyl (C=O) groups is 1. The van der Waals surface area contributed by atoms with Gasteiger partial charge in [-0.2, -0.15) is 0 Å². The van der Waals surface area contributed by atoms with E-state index in [2.05, 4.69) is 15.5 Å². The standard InChI is InChI=1S/C26H24N4O3/c1-16(2)28-26(32)23-15-30(25-22(24(23)31)8-5-13-27-25)21-7-4-6-20(14-21)19-11-9-18(10-12-19)17(3)29-33/h4-16,33H,1-3H3,(H,28,32)/b29-17-. The summed E-state index contributed by atoms with van der Waals surface area (Å²) in [5.41, 5.74) is 4.26. The molecule has 2 heterocycles. The molecule has 2 aromatic heterocycles. The van der Waals surface area contributed by atoms with Crippen LogP contribution in [0, 0.1) is 0 Å². The van der Waals surface area contributed by atoms with Crippen LogP contribution in [0.1, 0.15) is 36.7 Å². The second kappa shape index (κ2) is 9.08. The smallest absolute Gasteiger partial charge is 0.256 e. The van der Waals surface area contributed by atoms with Crippen molar-refractivity contribution in [1.82, 2.24) is 14.9 Å². The van der Waals surface area contributed by atoms with Crippen LogP contribution in [0.5, 0.6) is 0 Å². The molecule has 0 aliphatic rings. The molecule has 0 aliphatic carbocycles. The number of carbonyl (C=O) groups excluding carboxylic acids is 1. The van der Waals surface area contributed by atoms with E-state index >= 15 is 0 Å². The van der Waals surface area contributed by atoms with Gasteiger partial charge in [0.2, 0.25) is 5.43 Å². The summed E-state index contributed by atoms with van der Waals surface area (Å²) in [6, 6.07) is 18.7. The van der Waals surface area contributed by atoms with Crippen molar-refractivity contribution in [3.8, 4) is 16.8 Å². The van der Waals surface area contributed by atoms with Crippen LogP contribution in [-0.4, -0.2) is 32.4 Å². The van der Waals surface area contributed by atoms with Gasteiger partial charge in [-0.15, -0.1) is 0 Å². The minimum atomic E-state index is -0.415. The monoisotopic (exact) mass is 440 g/mol. The Bertz CT molecular complexity index is 1420. The minimum absolute atomic E-state index is 0.0673. The van der Waals surface area contributed by atoms with Gasteiger partial charge >= 0.3 is 0 Å². The third-order valence-corrected chi connectivity index (χ3v) is 5.34. The van der Waals surface area contributed by atoms with Crippen LogP contribution in [0.3, 0.4) is 0 Å². The van der Waals surface area contributed by atoms with Gasteiger partial charge in [-0.05, 0) is 61.7 Å². The van der Waals surface area contributed by atoms with Gasteiger partial charge in [0.05, 0.1) is 11.1 Å². The number of aromatic nitrogens is 2. The Morgan fingerprint density at radius 3 is 2.52 bits per heavy atom. The lowest BCUT2D eigenvalue weighted by Crippen LogP contribution is -2.34. The van der Waals surface area contributed by atoms with Crippen molar-refractivity contribution in [1.29, 1.82) is 0 Å². The molecule has 7 nitrogen and oxygen atoms in total. The first-order chi connectivity index (χ1) is 15.9. The summed E-state index contributed by atoms with van der Waals surface area (Å²) in [7, 11) is 0. The maximum atomic E-state index is 13.0. The topological polar surface area (TPSA) is 96.6 Å². The zero-order valence-corrected chi connectivity index (χ0v) is 18.6.